The predicted octanol–water partition coefficient (Wildman–Crippen LogP) is 1.34. The number of aromatic nitrogens is 6. The molecule has 3 rings (SSSR count). The number of hydrogen-bond acceptors (Lipinski definition) is 6. The van der Waals surface area contributed by atoms with E-state index in [1.54, 1.807) is 13.8 Å². The van der Waals surface area contributed by atoms with Crippen molar-refractivity contribution in [3.05, 3.63) is 45.4 Å². The van der Waals surface area contributed by atoms with Gasteiger partial charge >= 0.3 is 6.18 Å². The van der Waals surface area contributed by atoms with Crippen LogP contribution in [-0.2, 0) is 12.8 Å². The summed E-state index contributed by atoms with van der Waals surface area (Å²) in [5.41, 5.74) is -1.02. The number of fused-ring (bicyclic) bond motifs is 1. The first-order valence-corrected chi connectivity index (χ1v) is 7.22. The normalized spacial score (nSPS) is 13.4. The van der Waals surface area contributed by atoms with Crippen LogP contribution in [0.25, 0.3) is 11.0 Å². The first kappa shape index (κ1) is 17.0. The molecule has 0 aliphatic rings. The number of hydrogen-bond donors (Lipinski definition) is 2. The molecule has 3 aromatic rings. The van der Waals surface area contributed by atoms with E-state index in [9.17, 15) is 23.1 Å². The van der Waals surface area contributed by atoms with Gasteiger partial charge in [0.15, 0.2) is 11.3 Å². The molecule has 0 unspecified atom stereocenters. The third-order valence-electron chi connectivity index (χ3n) is 3.67. The zero-order valence-corrected chi connectivity index (χ0v) is 13.2. The topological polar surface area (TPSA) is 110 Å². The Morgan fingerprint density at radius 3 is 2.60 bits per heavy atom. The van der Waals surface area contributed by atoms with Gasteiger partial charge in [0.25, 0.3) is 5.56 Å². The summed E-state index contributed by atoms with van der Waals surface area (Å²) in [6.45, 7) is 2.73. The number of aromatic amines is 1. The molecule has 25 heavy (non-hydrogen) atoms. The molecule has 0 amide bonds. The summed E-state index contributed by atoms with van der Waals surface area (Å²) in [4.78, 5) is 18.8. The molecule has 11 heteroatoms. The van der Waals surface area contributed by atoms with E-state index in [2.05, 4.69) is 25.3 Å². The fourth-order valence-corrected chi connectivity index (χ4v) is 2.45. The van der Waals surface area contributed by atoms with Crippen LogP contribution in [0.15, 0.2) is 16.9 Å². The van der Waals surface area contributed by atoms with Crippen molar-refractivity contribution >= 4 is 11.0 Å². The second-order valence-electron chi connectivity index (χ2n) is 5.42. The third-order valence-corrected chi connectivity index (χ3v) is 3.67. The van der Waals surface area contributed by atoms with E-state index in [0.717, 1.165) is 6.07 Å². The molecule has 3 aromatic heterocycles. The van der Waals surface area contributed by atoms with Gasteiger partial charge in [-0.05, 0) is 26.0 Å². The van der Waals surface area contributed by atoms with Crippen LogP contribution in [0.2, 0.25) is 0 Å². The zero-order valence-electron chi connectivity index (χ0n) is 13.2. The van der Waals surface area contributed by atoms with E-state index < -0.39 is 30.1 Å². The maximum atomic E-state index is 12.6. The molecule has 0 saturated heterocycles. The van der Waals surface area contributed by atoms with Crippen LogP contribution in [-0.4, -0.2) is 35.1 Å². The van der Waals surface area contributed by atoms with Crippen LogP contribution in [0.4, 0.5) is 13.2 Å². The molecule has 0 spiro atoms. The zero-order chi connectivity index (χ0) is 18.4. The van der Waals surface area contributed by atoms with Crippen LogP contribution in [0.5, 0.6) is 0 Å². The van der Waals surface area contributed by atoms with Crippen LogP contribution in [0.1, 0.15) is 35.9 Å². The van der Waals surface area contributed by atoms with Gasteiger partial charge in [-0.3, -0.25) is 4.79 Å². The Kier molecular flexibility index (Phi) is 4.03. The van der Waals surface area contributed by atoms with Gasteiger partial charge in [-0.2, -0.15) is 23.4 Å². The molecule has 2 N–H and O–H groups in total. The number of aliphatic hydroxyl groups excluding tert-OH is 1. The average molecular weight is 354 g/mol. The first-order chi connectivity index (χ1) is 11.7. The Balaban J connectivity index is 2.11. The summed E-state index contributed by atoms with van der Waals surface area (Å²) < 4.78 is 39.1. The second-order valence-corrected chi connectivity index (χ2v) is 5.42. The monoisotopic (exact) mass is 354 g/mol. The maximum absolute atomic E-state index is 12.6. The van der Waals surface area contributed by atoms with E-state index >= 15 is 0 Å². The molecular weight excluding hydrogens is 341 g/mol. The molecule has 0 radical (unpaired) electrons. The minimum Gasteiger partial charge on any atom is -0.390 e. The predicted molar refractivity (Wildman–Crippen MR) is 79.7 cm³/mol. The number of alkyl halides is 3. The van der Waals surface area contributed by atoms with Crippen molar-refractivity contribution in [1.29, 1.82) is 0 Å². The second kappa shape index (κ2) is 5.92. The number of aliphatic hydroxyl groups is 1. The minimum atomic E-state index is -4.58. The van der Waals surface area contributed by atoms with Crippen LogP contribution in [0.3, 0.4) is 0 Å². The van der Waals surface area contributed by atoms with Crippen LogP contribution < -0.4 is 5.56 Å². The summed E-state index contributed by atoms with van der Waals surface area (Å²) in [6.07, 6.45) is -4.58. The van der Waals surface area contributed by atoms with Crippen molar-refractivity contribution in [2.24, 2.45) is 0 Å². The van der Waals surface area contributed by atoms with Crippen molar-refractivity contribution in [2.75, 3.05) is 0 Å². The Morgan fingerprint density at radius 2 is 2.04 bits per heavy atom. The van der Waals surface area contributed by atoms with Gasteiger partial charge in [0.1, 0.15) is 16.9 Å². The van der Waals surface area contributed by atoms with Crippen molar-refractivity contribution in [3.63, 3.8) is 0 Å². The summed E-state index contributed by atoms with van der Waals surface area (Å²) in [7, 11) is 0. The number of rotatable bonds is 3. The van der Waals surface area contributed by atoms with Gasteiger partial charge in [0, 0.05) is 0 Å². The van der Waals surface area contributed by atoms with Crippen LogP contribution >= 0.6 is 0 Å². The lowest BCUT2D eigenvalue weighted by atomic mass is 10.2. The van der Waals surface area contributed by atoms with E-state index in [1.165, 1.54) is 10.7 Å². The van der Waals surface area contributed by atoms with Crippen molar-refractivity contribution in [2.45, 2.75) is 32.7 Å². The largest absolute Gasteiger partial charge is 0.435 e. The molecule has 1 atom stereocenters. The smallest absolute Gasteiger partial charge is 0.390 e. The fourth-order valence-electron chi connectivity index (χ4n) is 2.45. The van der Waals surface area contributed by atoms with Gasteiger partial charge in [0.05, 0.1) is 18.3 Å². The SMILES string of the molecule is Cc1nc2c(c(CO)nn2[C@H](C)c2ccc(C(F)(F)F)nn2)c(=O)[nH]1. The number of H-pyrrole nitrogens is 1. The third kappa shape index (κ3) is 2.97. The highest BCUT2D eigenvalue weighted by molar-refractivity contribution is 5.77. The van der Waals surface area contributed by atoms with Gasteiger partial charge in [0.2, 0.25) is 0 Å². The Labute approximate surface area is 138 Å². The Morgan fingerprint density at radius 1 is 1.32 bits per heavy atom. The highest BCUT2D eigenvalue weighted by atomic mass is 19.4. The minimum absolute atomic E-state index is 0.121. The molecule has 8 nitrogen and oxygen atoms in total. The van der Waals surface area contributed by atoms with E-state index in [4.69, 9.17) is 0 Å². The van der Waals surface area contributed by atoms with Gasteiger partial charge in [-0.15, -0.1) is 5.10 Å². The average Bonchev–Trinajstić information content (AvgIpc) is 2.92. The van der Waals surface area contributed by atoms with Gasteiger partial charge in [-0.25, -0.2) is 9.67 Å². The van der Waals surface area contributed by atoms with E-state index in [0.29, 0.717) is 5.82 Å². The summed E-state index contributed by atoms with van der Waals surface area (Å²) >= 11 is 0. The van der Waals surface area contributed by atoms with Crippen molar-refractivity contribution < 1.29 is 18.3 Å². The lowest BCUT2D eigenvalue weighted by molar-refractivity contribution is -0.141. The molecule has 3 heterocycles. The lowest BCUT2D eigenvalue weighted by Gasteiger charge is -2.13. The molecule has 132 valence electrons. The fraction of sp³-hybridized carbons (Fsp3) is 0.357. The number of nitrogens with zero attached hydrogens (tertiary/aromatic N) is 5. The standard InChI is InChI=1S/C14H13F3N6O2/c1-6(8-3-4-10(21-20-8)14(15,16)17)23-12-11(9(5-24)22-23)13(25)19-7(2)18-12/h3-4,6,24H,5H2,1-2H3,(H,18,19,25)/t6-/m1/s1. The molecule has 0 aromatic carbocycles. The van der Waals surface area contributed by atoms with Gasteiger partial charge in [-0.1, -0.05) is 0 Å². The molecule has 0 bridgehead atoms. The van der Waals surface area contributed by atoms with Crippen molar-refractivity contribution in [1.82, 2.24) is 29.9 Å². The highest BCUT2D eigenvalue weighted by Gasteiger charge is 2.33. The quantitative estimate of drug-likeness (QED) is 0.734. The lowest BCUT2D eigenvalue weighted by Crippen LogP contribution is -2.16. The van der Waals surface area contributed by atoms with Crippen molar-refractivity contribution in [3.8, 4) is 0 Å². The Bertz CT molecular complexity index is 977. The van der Waals surface area contributed by atoms with E-state index in [-0.39, 0.29) is 22.4 Å². The maximum Gasteiger partial charge on any atom is 0.435 e. The summed E-state index contributed by atoms with van der Waals surface area (Å²) in [6, 6.07) is 1.36. The Hall–Kier alpha value is -2.82. The number of aryl methyl sites for hydroxylation is 1. The summed E-state index contributed by atoms with van der Waals surface area (Å²) in [5, 5.41) is 20.5. The molecule has 0 aliphatic carbocycles. The molecule has 0 fully saturated rings. The number of nitrogens with one attached hydrogen (secondary N) is 1. The van der Waals surface area contributed by atoms with E-state index in [1.807, 2.05) is 0 Å². The molecular formula is C14H13F3N6O2. The highest BCUT2D eigenvalue weighted by Crippen LogP contribution is 2.28. The molecule has 0 saturated carbocycles. The van der Waals surface area contributed by atoms with Crippen LogP contribution in [0, 0.1) is 6.92 Å². The first-order valence-electron chi connectivity index (χ1n) is 7.22. The molecule has 0 aliphatic heterocycles. The van der Waals surface area contributed by atoms with Gasteiger partial charge < -0.3 is 10.1 Å². The summed E-state index contributed by atoms with van der Waals surface area (Å²) in [5.74, 6) is 0.342. The number of halogens is 3.